The molecule has 114 valence electrons. The minimum atomic E-state index is -0.645. The van der Waals surface area contributed by atoms with Crippen LogP contribution in [0.5, 0.6) is 5.75 Å². The summed E-state index contributed by atoms with van der Waals surface area (Å²) in [5.74, 6) is 0.514. The molecule has 0 unspecified atom stereocenters. The van der Waals surface area contributed by atoms with Crippen molar-refractivity contribution in [1.82, 2.24) is 5.32 Å². The van der Waals surface area contributed by atoms with Crippen molar-refractivity contribution in [3.8, 4) is 5.75 Å². The number of nitrogens with two attached hydrogens (primary N) is 1. The molecule has 0 aromatic heterocycles. The number of hydrogen-bond donors (Lipinski definition) is 3. The summed E-state index contributed by atoms with van der Waals surface area (Å²) in [5.41, 5.74) is 6.94. The standard InChI is InChI=1S/C16H17N3O3/c1-22-14-5-3-2-4-12(14)10-18-15(20)11-6-8-13(9-7-11)19-16(17)21/h2-9H,10H2,1H3,(H,18,20)(H3,17,19,21). The number of anilines is 1. The van der Waals surface area contributed by atoms with Crippen molar-refractivity contribution in [3.05, 3.63) is 59.7 Å². The second kappa shape index (κ2) is 7.12. The Bertz CT molecular complexity index is 669. The number of hydrogen-bond acceptors (Lipinski definition) is 3. The Kier molecular flexibility index (Phi) is 4.98. The maximum atomic E-state index is 12.1. The number of para-hydroxylation sites is 1. The van der Waals surface area contributed by atoms with E-state index >= 15 is 0 Å². The average Bonchev–Trinajstić information content (AvgIpc) is 2.53. The highest BCUT2D eigenvalue weighted by Crippen LogP contribution is 2.17. The number of amides is 3. The van der Waals surface area contributed by atoms with E-state index in [1.165, 1.54) is 0 Å². The molecule has 6 nitrogen and oxygen atoms in total. The van der Waals surface area contributed by atoms with Gasteiger partial charge in [-0.2, -0.15) is 0 Å². The summed E-state index contributed by atoms with van der Waals surface area (Å²) in [4.78, 5) is 22.8. The Hall–Kier alpha value is -3.02. The highest BCUT2D eigenvalue weighted by molar-refractivity contribution is 5.95. The van der Waals surface area contributed by atoms with Gasteiger partial charge in [0.25, 0.3) is 5.91 Å². The second-order valence-corrected chi connectivity index (χ2v) is 4.56. The Morgan fingerprint density at radius 3 is 2.41 bits per heavy atom. The number of urea groups is 1. The van der Waals surface area contributed by atoms with Gasteiger partial charge in [-0.1, -0.05) is 18.2 Å². The highest BCUT2D eigenvalue weighted by Gasteiger charge is 2.07. The zero-order valence-corrected chi connectivity index (χ0v) is 12.1. The molecule has 0 fully saturated rings. The number of benzene rings is 2. The molecule has 0 aliphatic carbocycles. The van der Waals surface area contributed by atoms with Gasteiger partial charge in [-0.3, -0.25) is 4.79 Å². The van der Waals surface area contributed by atoms with E-state index in [0.29, 0.717) is 17.8 Å². The van der Waals surface area contributed by atoms with E-state index in [9.17, 15) is 9.59 Å². The highest BCUT2D eigenvalue weighted by atomic mass is 16.5. The number of primary amides is 1. The van der Waals surface area contributed by atoms with Crippen LogP contribution < -0.4 is 21.1 Å². The van der Waals surface area contributed by atoms with Crippen LogP contribution in [-0.2, 0) is 6.54 Å². The zero-order valence-electron chi connectivity index (χ0n) is 12.1. The van der Waals surface area contributed by atoms with Gasteiger partial charge in [0.15, 0.2) is 0 Å². The number of rotatable bonds is 5. The van der Waals surface area contributed by atoms with Crippen molar-refractivity contribution in [2.75, 3.05) is 12.4 Å². The molecule has 0 aliphatic heterocycles. The molecule has 6 heteroatoms. The van der Waals surface area contributed by atoms with Crippen LogP contribution in [0.15, 0.2) is 48.5 Å². The molecule has 2 aromatic rings. The molecule has 0 radical (unpaired) electrons. The Morgan fingerprint density at radius 2 is 1.77 bits per heavy atom. The molecule has 2 aromatic carbocycles. The van der Waals surface area contributed by atoms with Gasteiger partial charge < -0.3 is 21.1 Å². The predicted octanol–water partition coefficient (Wildman–Crippen LogP) is 2.12. The van der Waals surface area contributed by atoms with E-state index < -0.39 is 6.03 Å². The summed E-state index contributed by atoms with van der Waals surface area (Å²) in [6.45, 7) is 0.365. The minimum Gasteiger partial charge on any atom is -0.496 e. The van der Waals surface area contributed by atoms with E-state index in [0.717, 1.165) is 11.3 Å². The Balaban J connectivity index is 1.98. The predicted molar refractivity (Wildman–Crippen MR) is 83.8 cm³/mol. The van der Waals surface area contributed by atoms with Gasteiger partial charge in [-0.15, -0.1) is 0 Å². The van der Waals surface area contributed by atoms with Gasteiger partial charge in [0.05, 0.1) is 7.11 Å². The molecule has 0 saturated heterocycles. The molecule has 0 spiro atoms. The largest absolute Gasteiger partial charge is 0.496 e. The van der Waals surface area contributed by atoms with Crippen molar-refractivity contribution in [2.24, 2.45) is 5.73 Å². The smallest absolute Gasteiger partial charge is 0.316 e. The van der Waals surface area contributed by atoms with E-state index in [2.05, 4.69) is 10.6 Å². The van der Waals surface area contributed by atoms with Crippen LogP contribution in [0, 0.1) is 0 Å². The van der Waals surface area contributed by atoms with Crippen molar-refractivity contribution in [3.63, 3.8) is 0 Å². The SMILES string of the molecule is COc1ccccc1CNC(=O)c1ccc(NC(N)=O)cc1. The fourth-order valence-electron chi connectivity index (χ4n) is 1.97. The molecule has 0 bridgehead atoms. The number of ether oxygens (including phenoxy) is 1. The van der Waals surface area contributed by atoms with Crippen molar-refractivity contribution >= 4 is 17.6 Å². The van der Waals surface area contributed by atoms with Crippen LogP contribution in [-0.4, -0.2) is 19.0 Å². The lowest BCUT2D eigenvalue weighted by Crippen LogP contribution is -2.23. The zero-order chi connectivity index (χ0) is 15.9. The summed E-state index contributed by atoms with van der Waals surface area (Å²) >= 11 is 0. The van der Waals surface area contributed by atoms with Crippen molar-refractivity contribution < 1.29 is 14.3 Å². The molecule has 4 N–H and O–H groups in total. The van der Waals surface area contributed by atoms with Gasteiger partial charge in [0.2, 0.25) is 0 Å². The van der Waals surface area contributed by atoms with Gasteiger partial charge in [-0.25, -0.2) is 4.79 Å². The van der Waals surface area contributed by atoms with Crippen LogP contribution in [0.2, 0.25) is 0 Å². The third-order valence-electron chi connectivity index (χ3n) is 3.05. The molecule has 2 rings (SSSR count). The first-order valence-electron chi connectivity index (χ1n) is 6.67. The average molecular weight is 299 g/mol. The first-order chi connectivity index (χ1) is 10.6. The van der Waals surface area contributed by atoms with E-state index in [4.69, 9.17) is 10.5 Å². The third-order valence-corrected chi connectivity index (χ3v) is 3.05. The molecule has 22 heavy (non-hydrogen) atoms. The Labute approximate surface area is 128 Å². The minimum absolute atomic E-state index is 0.212. The van der Waals surface area contributed by atoms with E-state index in [1.54, 1.807) is 31.4 Å². The lowest BCUT2D eigenvalue weighted by Gasteiger charge is -2.10. The first kappa shape index (κ1) is 15.4. The monoisotopic (exact) mass is 299 g/mol. The van der Waals surface area contributed by atoms with Gasteiger partial charge >= 0.3 is 6.03 Å². The quantitative estimate of drug-likeness (QED) is 0.789. The van der Waals surface area contributed by atoms with E-state index in [1.807, 2.05) is 24.3 Å². The molecular weight excluding hydrogens is 282 g/mol. The maximum absolute atomic E-state index is 12.1. The molecule has 0 heterocycles. The normalized spacial score (nSPS) is 9.86. The van der Waals surface area contributed by atoms with Crippen LogP contribution in [0.4, 0.5) is 10.5 Å². The number of carbonyl (C=O) groups is 2. The fourth-order valence-corrected chi connectivity index (χ4v) is 1.97. The first-order valence-corrected chi connectivity index (χ1v) is 6.67. The lowest BCUT2D eigenvalue weighted by molar-refractivity contribution is 0.0950. The molecule has 0 aliphatic rings. The van der Waals surface area contributed by atoms with Crippen LogP contribution >= 0.6 is 0 Å². The molecule has 0 atom stereocenters. The number of carbonyl (C=O) groups excluding carboxylic acids is 2. The summed E-state index contributed by atoms with van der Waals surface area (Å²) in [6, 6.07) is 13.3. The van der Waals surface area contributed by atoms with Crippen LogP contribution in [0.1, 0.15) is 15.9 Å². The summed E-state index contributed by atoms with van der Waals surface area (Å²) in [7, 11) is 1.59. The molecule has 0 saturated carbocycles. The lowest BCUT2D eigenvalue weighted by atomic mass is 10.1. The van der Waals surface area contributed by atoms with Crippen molar-refractivity contribution in [1.29, 1.82) is 0 Å². The van der Waals surface area contributed by atoms with Gasteiger partial charge in [-0.05, 0) is 30.3 Å². The second-order valence-electron chi connectivity index (χ2n) is 4.56. The summed E-state index contributed by atoms with van der Waals surface area (Å²) < 4.78 is 5.23. The molecule has 3 amide bonds. The molecular formula is C16H17N3O3. The Morgan fingerprint density at radius 1 is 1.09 bits per heavy atom. The van der Waals surface area contributed by atoms with Gasteiger partial charge in [0, 0.05) is 23.4 Å². The fraction of sp³-hybridized carbons (Fsp3) is 0.125. The van der Waals surface area contributed by atoms with Gasteiger partial charge in [0.1, 0.15) is 5.75 Å². The number of methoxy groups -OCH3 is 1. The van der Waals surface area contributed by atoms with Crippen LogP contribution in [0.3, 0.4) is 0 Å². The summed E-state index contributed by atoms with van der Waals surface area (Å²) in [5, 5.41) is 5.25. The topological polar surface area (TPSA) is 93.4 Å². The maximum Gasteiger partial charge on any atom is 0.316 e. The van der Waals surface area contributed by atoms with E-state index in [-0.39, 0.29) is 5.91 Å². The third kappa shape index (κ3) is 3.99. The van der Waals surface area contributed by atoms with Crippen LogP contribution in [0.25, 0.3) is 0 Å². The summed E-state index contributed by atoms with van der Waals surface area (Å²) in [6.07, 6.45) is 0. The number of nitrogens with one attached hydrogen (secondary N) is 2. The van der Waals surface area contributed by atoms with Crippen molar-refractivity contribution in [2.45, 2.75) is 6.54 Å².